The van der Waals surface area contributed by atoms with E-state index in [0.717, 1.165) is 19.3 Å². The van der Waals surface area contributed by atoms with Gasteiger partial charge in [-0.3, -0.25) is 9.59 Å². The van der Waals surface area contributed by atoms with Crippen molar-refractivity contribution in [1.29, 1.82) is 0 Å². The van der Waals surface area contributed by atoms with Crippen molar-refractivity contribution in [1.82, 2.24) is 0 Å². The molecule has 160 valence electrons. The fourth-order valence-corrected chi connectivity index (χ4v) is 3.89. The van der Waals surface area contributed by atoms with Crippen LogP contribution in [-0.2, 0) is 9.59 Å². The molecule has 4 heteroatoms. The van der Waals surface area contributed by atoms with E-state index >= 15 is 0 Å². The van der Waals surface area contributed by atoms with Gasteiger partial charge in [0, 0.05) is 12.3 Å². The number of hydrogen-bond acceptors (Lipinski definition) is 2. The standard InChI is InChI=1S/C23H43ClO3/c1-4-6-7-8-9-10-11-12-13-14-15-16-17-19-21(25)20(18-5-2)23(3,24)22(26)27/h20H,4-19H2,1-3H3,(H,26,27). The molecule has 0 aliphatic carbocycles. The van der Waals surface area contributed by atoms with Crippen molar-refractivity contribution in [2.24, 2.45) is 5.92 Å². The Morgan fingerprint density at radius 2 is 1.19 bits per heavy atom. The molecule has 0 rings (SSSR count). The van der Waals surface area contributed by atoms with Gasteiger partial charge in [0.15, 0.2) is 0 Å². The van der Waals surface area contributed by atoms with E-state index in [9.17, 15) is 14.7 Å². The van der Waals surface area contributed by atoms with Crippen molar-refractivity contribution in [3.05, 3.63) is 0 Å². The molecule has 0 bridgehead atoms. The highest BCUT2D eigenvalue weighted by molar-refractivity contribution is 6.35. The topological polar surface area (TPSA) is 54.4 Å². The van der Waals surface area contributed by atoms with Gasteiger partial charge in [0.2, 0.25) is 0 Å². The first kappa shape index (κ1) is 26.4. The van der Waals surface area contributed by atoms with E-state index in [-0.39, 0.29) is 5.78 Å². The van der Waals surface area contributed by atoms with Gasteiger partial charge in [-0.15, -0.1) is 11.6 Å². The van der Waals surface area contributed by atoms with Crippen LogP contribution in [0, 0.1) is 5.92 Å². The summed E-state index contributed by atoms with van der Waals surface area (Å²) < 4.78 is 0. The molecule has 1 N–H and O–H groups in total. The Labute approximate surface area is 172 Å². The molecule has 0 aromatic heterocycles. The third kappa shape index (κ3) is 12.5. The summed E-state index contributed by atoms with van der Waals surface area (Å²) in [6.45, 7) is 5.67. The number of carboxylic acid groups (broad SMARTS) is 1. The molecule has 0 aliphatic heterocycles. The second-order valence-electron chi connectivity index (χ2n) is 8.18. The second-order valence-corrected chi connectivity index (χ2v) is 8.97. The first-order valence-corrected chi connectivity index (χ1v) is 11.7. The molecule has 0 amide bonds. The van der Waals surface area contributed by atoms with Gasteiger partial charge >= 0.3 is 5.97 Å². The van der Waals surface area contributed by atoms with Crippen LogP contribution in [0.5, 0.6) is 0 Å². The Kier molecular flexibility index (Phi) is 16.0. The monoisotopic (exact) mass is 402 g/mol. The maximum atomic E-state index is 12.4. The quantitative estimate of drug-likeness (QED) is 0.179. The fraction of sp³-hybridized carbons (Fsp3) is 0.913. The Bertz CT molecular complexity index is 393. The highest BCUT2D eigenvalue weighted by atomic mass is 35.5. The van der Waals surface area contributed by atoms with Gasteiger partial charge in [-0.1, -0.05) is 97.3 Å². The summed E-state index contributed by atoms with van der Waals surface area (Å²) in [6, 6.07) is 0. The lowest BCUT2D eigenvalue weighted by molar-refractivity contribution is -0.144. The molecule has 2 atom stereocenters. The molecule has 0 aromatic carbocycles. The van der Waals surface area contributed by atoms with Gasteiger partial charge in [-0.2, -0.15) is 0 Å². The van der Waals surface area contributed by atoms with Gasteiger partial charge in [0.1, 0.15) is 10.7 Å². The maximum Gasteiger partial charge on any atom is 0.325 e. The van der Waals surface area contributed by atoms with Crippen LogP contribution in [0.1, 0.15) is 124 Å². The third-order valence-corrected chi connectivity index (χ3v) is 5.99. The number of halogens is 1. The van der Waals surface area contributed by atoms with Crippen LogP contribution in [0.4, 0.5) is 0 Å². The molecule has 3 nitrogen and oxygen atoms in total. The highest BCUT2D eigenvalue weighted by Crippen LogP contribution is 2.31. The van der Waals surface area contributed by atoms with Gasteiger partial charge in [0.25, 0.3) is 0 Å². The zero-order valence-corrected chi connectivity index (χ0v) is 18.8. The zero-order valence-electron chi connectivity index (χ0n) is 18.0. The number of unbranched alkanes of at least 4 members (excludes halogenated alkanes) is 12. The lowest BCUT2D eigenvalue weighted by Crippen LogP contribution is -2.41. The van der Waals surface area contributed by atoms with Crippen LogP contribution in [-0.4, -0.2) is 21.7 Å². The molecule has 2 unspecified atom stereocenters. The van der Waals surface area contributed by atoms with E-state index < -0.39 is 16.8 Å². The second kappa shape index (κ2) is 16.4. The van der Waals surface area contributed by atoms with E-state index in [1.807, 2.05) is 6.92 Å². The average Bonchev–Trinajstić information content (AvgIpc) is 2.63. The number of ketones is 1. The predicted octanol–water partition coefficient (Wildman–Crippen LogP) is 7.54. The smallest absolute Gasteiger partial charge is 0.325 e. The number of aliphatic carboxylic acids is 1. The first-order valence-electron chi connectivity index (χ1n) is 11.3. The van der Waals surface area contributed by atoms with Gasteiger partial charge in [0.05, 0.1) is 0 Å². The molecule has 0 heterocycles. The van der Waals surface area contributed by atoms with Crippen molar-refractivity contribution in [3.8, 4) is 0 Å². The van der Waals surface area contributed by atoms with Crippen molar-refractivity contribution < 1.29 is 14.7 Å². The molecule has 0 aromatic rings. The van der Waals surface area contributed by atoms with Gasteiger partial charge in [-0.05, 0) is 19.8 Å². The van der Waals surface area contributed by atoms with E-state index in [4.69, 9.17) is 11.6 Å². The van der Waals surface area contributed by atoms with Crippen molar-refractivity contribution >= 4 is 23.4 Å². The molecule has 27 heavy (non-hydrogen) atoms. The number of hydrogen-bond donors (Lipinski definition) is 1. The maximum absolute atomic E-state index is 12.4. The number of rotatable bonds is 19. The molecule has 0 fully saturated rings. The van der Waals surface area contributed by atoms with E-state index in [2.05, 4.69) is 6.92 Å². The minimum absolute atomic E-state index is 0.0137. The Morgan fingerprint density at radius 1 is 0.778 bits per heavy atom. The summed E-state index contributed by atoms with van der Waals surface area (Å²) in [7, 11) is 0. The van der Waals surface area contributed by atoms with E-state index in [1.54, 1.807) is 0 Å². The van der Waals surface area contributed by atoms with Crippen LogP contribution in [0.15, 0.2) is 0 Å². The largest absolute Gasteiger partial charge is 0.480 e. The van der Waals surface area contributed by atoms with Crippen molar-refractivity contribution in [2.75, 3.05) is 0 Å². The van der Waals surface area contributed by atoms with Crippen LogP contribution in [0.3, 0.4) is 0 Å². The zero-order chi connectivity index (χ0) is 20.5. The number of carboxylic acids is 1. The van der Waals surface area contributed by atoms with Crippen molar-refractivity contribution in [3.63, 3.8) is 0 Å². The minimum atomic E-state index is -1.48. The predicted molar refractivity (Wildman–Crippen MR) is 116 cm³/mol. The summed E-state index contributed by atoms with van der Waals surface area (Å²) in [6.07, 6.45) is 18.3. The highest BCUT2D eigenvalue weighted by Gasteiger charge is 2.42. The summed E-state index contributed by atoms with van der Waals surface area (Å²) in [5.74, 6) is -1.67. The molecule has 0 aliphatic rings. The van der Waals surface area contributed by atoms with Crippen LogP contribution in [0.2, 0.25) is 0 Å². The number of carbonyl (C=O) groups excluding carboxylic acids is 1. The van der Waals surface area contributed by atoms with Crippen LogP contribution in [0.25, 0.3) is 0 Å². The molecular formula is C23H43ClO3. The van der Waals surface area contributed by atoms with Crippen LogP contribution >= 0.6 is 11.6 Å². The third-order valence-electron chi connectivity index (χ3n) is 5.57. The normalized spacial score (nSPS) is 14.7. The Hall–Kier alpha value is -0.570. The molecular weight excluding hydrogens is 360 g/mol. The number of carbonyl (C=O) groups is 2. The lowest BCUT2D eigenvalue weighted by atomic mass is 9.83. The lowest BCUT2D eigenvalue weighted by Gasteiger charge is -2.26. The first-order chi connectivity index (χ1) is 12.9. The SMILES string of the molecule is CCCCCCCCCCCCCCCC(=O)C(CCC)C(C)(Cl)C(=O)O. The van der Waals surface area contributed by atoms with Crippen molar-refractivity contribution in [2.45, 2.75) is 128 Å². The summed E-state index contributed by atoms with van der Waals surface area (Å²) >= 11 is 6.15. The molecule has 0 saturated heterocycles. The summed E-state index contributed by atoms with van der Waals surface area (Å²) in [5, 5.41) is 9.29. The van der Waals surface area contributed by atoms with Gasteiger partial charge in [-0.25, -0.2) is 0 Å². The Balaban J connectivity index is 3.73. The summed E-state index contributed by atoms with van der Waals surface area (Å²) in [5.41, 5.74) is 0. The number of Topliss-reactive ketones (excluding diaryl/α,β-unsaturated/α-hetero) is 1. The average molecular weight is 403 g/mol. The Morgan fingerprint density at radius 3 is 1.56 bits per heavy atom. The van der Waals surface area contributed by atoms with Gasteiger partial charge < -0.3 is 5.11 Å². The van der Waals surface area contributed by atoms with Crippen LogP contribution < -0.4 is 0 Å². The molecule has 0 saturated carbocycles. The molecule has 0 spiro atoms. The van der Waals surface area contributed by atoms with E-state index in [0.29, 0.717) is 12.8 Å². The summed E-state index contributed by atoms with van der Waals surface area (Å²) in [4.78, 5) is 22.3. The molecule has 0 radical (unpaired) electrons. The minimum Gasteiger partial charge on any atom is -0.480 e. The van der Waals surface area contributed by atoms with E-state index in [1.165, 1.54) is 77.6 Å². The number of alkyl halides is 1. The fourth-order valence-electron chi connectivity index (χ4n) is 3.66.